The van der Waals surface area contributed by atoms with Gasteiger partial charge in [-0.2, -0.15) is 0 Å². The van der Waals surface area contributed by atoms with Gasteiger partial charge in [0.2, 0.25) is 0 Å². The van der Waals surface area contributed by atoms with E-state index in [4.69, 9.17) is 4.74 Å². The topological polar surface area (TPSA) is 52.9 Å². The molecule has 1 aliphatic heterocycles. The summed E-state index contributed by atoms with van der Waals surface area (Å²) in [5.41, 5.74) is 2.23. The molecule has 0 saturated carbocycles. The van der Waals surface area contributed by atoms with Crippen molar-refractivity contribution in [2.75, 3.05) is 26.2 Å². The monoisotopic (exact) mass is 279 g/mol. The van der Waals surface area contributed by atoms with Gasteiger partial charge >= 0.3 is 0 Å². The Morgan fingerprint density at radius 1 is 1.40 bits per heavy atom. The highest BCUT2D eigenvalue weighted by atomic mass is 16.5. The van der Waals surface area contributed by atoms with Gasteiger partial charge < -0.3 is 14.9 Å². The molecule has 2 rings (SSSR count). The van der Waals surface area contributed by atoms with E-state index in [1.165, 1.54) is 0 Å². The maximum absolute atomic E-state index is 10.1. The first kappa shape index (κ1) is 15.3. The minimum Gasteiger partial charge on any atom is -0.491 e. The fraction of sp³-hybridized carbons (Fsp3) is 0.625. The number of piperidine rings is 1. The first-order valence-electron chi connectivity index (χ1n) is 7.33. The molecule has 0 aliphatic carbocycles. The van der Waals surface area contributed by atoms with Crippen molar-refractivity contribution >= 4 is 0 Å². The van der Waals surface area contributed by atoms with Crippen LogP contribution in [-0.4, -0.2) is 53.6 Å². The standard InChI is InChI=1S/C16H25NO3/c1-12-5-6-13(2)16(8-12)20-11-15(19)10-17-7-3-4-14(18)9-17/h5-6,8,14-15,18-19H,3-4,7,9-11H2,1-2H3/t14-,15-/m0/s1. The Morgan fingerprint density at radius 3 is 2.95 bits per heavy atom. The van der Waals surface area contributed by atoms with Gasteiger partial charge in [-0.3, -0.25) is 4.90 Å². The minimum atomic E-state index is -0.528. The van der Waals surface area contributed by atoms with Crippen LogP contribution in [0.15, 0.2) is 18.2 Å². The van der Waals surface area contributed by atoms with E-state index in [9.17, 15) is 10.2 Å². The molecule has 2 N–H and O–H groups in total. The molecule has 0 aromatic heterocycles. The van der Waals surface area contributed by atoms with Crippen LogP contribution < -0.4 is 4.74 Å². The van der Waals surface area contributed by atoms with E-state index in [2.05, 4.69) is 4.90 Å². The van der Waals surface area contributed by atoms with Gasteiger partial charge in [0.25, 0.3) is 0 Å². The largest absolute Gasteiger partial charge is 0.491 e. The highest BCUT2D eigenvalue weighted by Gasteiger charge is 2.20. The zero-order chi connectivity index (χ0) is 14.5. The van der Waals surface area contributed by atoms with Crippen LogP contribution in [0.4, 0.5) is 0 Å². The van der Waals surface area contributed by atoms with Crippen LogP contribution in [0.5, 0.6) is 5.75 Å². The first-order valence-corrected chi connectivity index (χ1v) is 7.33. The number of likely N-dealkylation sites (tertiary alicyclic amines) is 1. The summed E-state index contributed by atoms with van der Waals surface area (Å²) in [6, 6.07) is 6.07. The number of nitrogens with zero attached hydrogens (tertiary/aromatic N) is 1. The second-order valence-electron chi connectivity index (χ2n) is 5.79. The summed E-state index contributed by atoms with van der Waals surface area (Å²) in [6.07, 6.45) is 1.08. The third-order valence-electron chi connectivity index (χ3n) is 3.72. The minimum absolute atomic E-state index is 0.254. The lowest BCUT2D eigenvalue weighted by molar-refractivity contribution is 0.0242. The summed E-state index contributed by atoms with van der Waals surface area (Å²) < 4.78 is 5.71. The number of rotatable bonds is 5. The Labute approximate surface area is 121 Å². The summed E-state index contributed by atoms with van der Waals surface area (Å²) in [6.45, 7) is 6.47. The summed E-state index contributed by atoms with van der Waals surface area (Å²) in [5.74, 6) is 0.836. The third-order valence-corrected chi connectivity index (χ3v) is 3.72. The molecular formula is C16H25NO3. The molecular weight excluding hydrogens is 254 g/mol. The van der Waals surface area contributed by atoms with Crippen molar-refractivity contribution in [1.29, 1.82) is 0 Å². The number of aliphatic hydroxyl groups is 2. The normalized spacial score (nSPS) is 21.7. The van der Waals surface area contributed by atoms with Crippen LogP contribution in [0.3, 0.4) is 0 Å². The van der Waals surface area contributed by atoms with Gasteiger partial charge in [0.1, 0.15) is 18.5 Å². The number of β-amino-alcohol motifs (C(OH)–C–C–N with tert-alkyl or cyclic N) is 2. The Hall–Kier alpha value is -1.10. The van der Waals surface area contributed by atoms with Crippen LogP contribution in [0.2, 0.25) is 0 Å². The average molecular weight is 279 g/mol. The van der Waals surface area contributed by atoms with Gasteiger partial charge in [-0.15, -0.1) is 0 Å². The predicted molar refractivity (Wildman–Crippen MR) is 79.1 cm³/mol. The molecule has 4 nitrogen and oxygen atoms in total. The van der Waals surface area contributed by atoms with Crippen molar-refractivity contribution in [3.63, 3.8) is 0 Å². The number of benzene rings is 1. The first-order chi connectivity index (χ1) is 9.54. The Morgan fingerprint density at radius 2 is 2.20 bits per heavy atom. The summed E-state index contributed by atoms with van der Waals surface area (Å²) in [4.78, 5) is 2.10. The Balaban J connectivity index is 1.79. The van der Waals surface area contributed by atoms with E-state index in [1.807, 2.05) is 32.0 Å². The second kappa shape index (κ2) is 7.07. The fourth-order valence-electron chi connectivity index (χ4n) is 2.60. The SMILES string of the molecule is Cc1ccc(C)c(OC[C@@H](O)CN2CCC[C@H](O)C2)c1. The van der Waals surface area contributed by atoms with E-state index in [0.717, 1.165) is 36.3 Å². The molecule has 1 fully saturated rings. The summed E-state index contributed by atoms with van der Waals surface area (Å²) >= 11 is 0. The number of aryl methyl sites for hydroxylation is 2. The average Bonchev–Trinajstić information content (AvgIpc) is 2.40. The highest BCUT2D eigenvalue weighted by molar-refractivity contribution is 5.35. The molecule has 1 aliphatic rings. The van der Waals surface area contributed by atoms with E-state index in [1.54, 1.807) is 0 Å². The lowest BCUT2D eigenvalue weighted by Gasteiger charge is -2.31. The van der Waals surface area contributed by atoms with Crippen molar-refractivity contribution in [3.05, 3.63) is 29.3 Å². The molecule has 1 heterocycles. The van der Waals surface area contributed by atoms with Crippen LogP contribution in [-0.2, 0) is 0 Å². The molecule has 0 amide bonds. The Bertz CT molecular complexity index is 436. The number of ether oxygens (including phenoxy) is 1. The number of hydrogen-bond acceptors (Lipinski definition) is 4. The van der Waals surface area contributed by atoms with Gasteiger partial charge in [-0.1, -0.05) is 12.1 Å². The zero-order valence-corrected chi connectivity index (χ0v) is 12.4. The zero-order valence-electron chi connectivity index (χ0n) is 12.4. The summed E-state index contributed by atoms with van der Waals surface area (Å²) in [5, 5.41) is 19.7. The van der Waals surface area contributed by atoms with E-state index in [-0.39, 0.29) is 12.7 Å². The van der Waals surface area contributed by atoms with Crippen LogP contribution in [0.25, 0.3) is 0 Å². The molecule has 20 heavy (non-hydrogen) atoms. The van der Waals surface area contributed by atoms with Crippen molar-refractivity contribution in [2.45, 2.75) is 38.9 Å². The molecule has 2 atom stereocenters. The van der Waals surface area contributed by atoms with Gasteiger partial charge in [-0.25, -0.2) is 0 Å². The quantitative estimate of drug-likeness (QED) is 0.857. The fourth-order valence-corrected chi connectivity index (χ4v) is 2.60. The molecule has 1 aromatic rings. The smallest absolute Gasteiger partial charge is 0.122 e. The molecule has 112 valence electrons. The van der Waals surface area contributed by atoms with Gasteiger partial charge in [-0.05, 0) is 50.4 Å². The summed E-state index contributed by atoms with van der Waals surface area (Å²) in [7, 11) is 0. The van der Waals surface area contributed by atoms with Crippen LogP contribution in [0.1, 0.15) is 24.0 Å². The molecule has 0 bridgehead atoms. The third kappa shape index (κ3) is 4.47. The van der Waals surface area contributed by atoms with E-state index < -0.39 is 6.10 Å². The molecule has 0 unspecified atom stereocenters. The molecule has 1 aromatic carbocycles. The van der Waals surface area contributed by atoms with Crippen molar-refractivity contribution in [3.8, 4) is 5.75 Å². The lowest BCUT2D eigenvalue weighted by atomic mass is 10.1. The number of aliphatic hydroxyl groups excluding tert-OH is 2. The molecule has 4 heteroatoms. The predicted octanol–water partition coefficient (Wildman–Crippen LogP) is 1.50. The number of hydrogen-bond donors (Lipinski definition) is 2. The van der Waals surface area contributed by atoms with Crippen molar-refractivity contribution in [2.24, 2.45) is 0 Å². The van der Waals surface area contributed by atoms with E-state index >= 15 is 0 Å². The Kier molecular flexibility index (Phi) is 5.40. The second-order valence-corrected chi connectivity index (χ2v) is 5.79. The van der Waals surface area contributed by atoms with Crippen molar-refractivity contribution < 1.29 is 14.9 Å². The molecule has 0 radical (unpaired) electrons. The molecule has 1 saturated heterocycles. The highest BCUT2D eigenvalue weighted by Crippen LogP contribution is 2.19. The van der Waals surface area contributed by atoms with Crippen LogP contribution in [0, 0.1) is 13.8 Å². The molecule has 0 spiro atoms. The lowest BCUT2D eigenvalue weighted by Crippen LogP contribution is -2.43. The van der Waals surface area contributed by atoms with Gasteiger partial charge in [0, 0.05) is 13.1 Å². The maximum atomic E-state index is 10.1. The van der Waals surface area contributed by atoms with Crippen LogP contribution >= 0.6 is 0 Å². The van der Waals surface area contributed by atoms with Gasteiger partial charge in [0.15, 0.2) is 0 Å². The van der Waals surface area contributed by atoms with Crippen molar-refractivity contribution in [1.82, 2.24) is 4.90 Å². The van der Waals surface area contributed by atoms with Gasteiger partial charge in [0.05, 0.1) is 6.10 Å². The maximum Gasteiger partial charge on any atom is 0.122 e. The van der Waals surface area contributed by atoms with E-state index in [0.29, 0.717) is 13.1 Å².